The van der Waals surface area contributed by atoms with Gasteiger partial charge in [0.2, 0.25) is 5.91 Å². The highest BCUT2D eigenvalue weighted by molar-refractivity contribution is 7.10. The van der Waals surface area contributed by atoms with Gasteiger partial charge in [-0.2, -0.15) is 0 Å². The van der Waals surface area contributed by atoms with Gasteiger partial charge in [0.05, 0.1) is 11.3 Å². The first kappa shape index (κ1) is 16.7. The number of aromatic nitrogens is 1. The average Bonchev–Trinajstić information content (AvgIpc) is 3.10. The van der Waals surface area contributed by atoms with Crippen molar-refractivity contribution in [2.75, 3.05) is 29.9 Å². The van der Waals surface area contributed by atoms with Crippen molar-refractivity contribution in [3.63, 3.8) is 0 Å². The van der Waals surface area contributed by atoms with Gasteiger partial charge in [0.15, 0.2) is 5.82 Å². The smallest absolute Gasteiger partial charge is 0.249 e. The van der Waals surface area contributed by atoms with Gasteiger partial charge in [-0.15, -0.1) is 11.3 Å². The minimum absolute atomic E-state index is 0.266. The second-order valence-electron chi connectivity index (χ2n) is 6.01. The van der Waals surface area contributed by atoms with Crippen molar-refractivity contribution < 1.29 is 9.90 Å². The number of nitrogens with one attached hydrogen (secondary N) is 1. The molecular weight excluding hydrogens is 324 g/mol. The molecule has 128 valence electrons. The number of anilines is 2. The average molecular weight is 346 g/mol. The van der Waals surface area contributed by atoms with Gasteiger partial charge in [0.1, 0.15) is 0 Å². The molecule has 1 saturated heterocycles. The highest BCUT2D eigenvalue weighted by Gasteiger charge is 2.21. The first-order chi connectivity index (χ1) is 11.7. The monoisotopic (exact) mass is 346 g/mol. The van der Waals surface area contributed by atoms with E-state index in [1.54, 1.807) is 11.6 Å². The van der Waals surface area contributed by atoms with E-state index in [9.17, 15) is 9.90 Å². The molecule has 0 saturated carbocycles. The maximum atomic E-state index is 11.2. The molecule has 4 N–H and O–H groups in total. The number of rotatable bonds is 6. The molecule has 0 radical (unpaired) electrons. The summed E-state index contributed by atoms with van der Waals surface area (Å²) in [6, 6.07) is 5.75. The van der Waals surface area contributed by atoms with Crippen LogP contribution in [0, 0.1) is 5.92 Å². The fourth-order valence-corrected chi connectivity index (χ4v) is 3.71. The highest BCUT2D eigenvalue weighted by Crippen LogP contribution is 2.28. The minimum Gasteiger partial charge on any atom is -0.396 e. The van der Waals surface area contributed by atoms with E-state index in [-0.39, 0.29) is 6.61 Å². The number of aliphatic hydroxyl groups excluding tert-OH is 1. The van der Waals surface area contributed by atoms with Crippen LogP contribution in [-0.4, -0.2) is 35.7 Å². The summed E-state index contributed by atoms with van der Waals surface area (Å²) in [7, 11) is 0. The van der Waals surface area contributed by atoms with E-state index in [2.05, 4.69) is 15.2 Å². The number of nitrogens with zero attached hydrogens (tertiary/aromatic N) is 2. The second kappa shape index (κ2) is 7.63. The molecule has 2 aromatic heterocycles. The highest BCUT2D eigenvalue weighted by atomic mass is 32.1. The Hall–Kier alpha value is -2.12. The largest absolute Gasteiger partial charge is 0.396 e. The van der Waals surface area contributed by atoms with Crippen molar-refractivity contribution in [1.82, 2.24) is 4.98 Å². The van der Waals surface area contributed by atoms with Crippen LogP contribution in [0.5, 0.6) is 0 Å². The number of pyridine rings is 1. The molecule has 0 spiro atoms. The zero-order valence-corrected chi connectivity index (χ0v) is 14.3. The van der Waals surface area contributed by atoms with Crippen LogP contribution in [0.25, 0.3) is 0 Å². The lowest BCUT2D eigenvalue weighted by molar-refractivity contribution is 0.100. The number of primary amides is 1. The third kappa shape index (κ3) is 3.85. The van der Waals surface area contributed by atoms with Crippen molar-refractivity contribution >= 4 is 28.7 Å². The molecule has 0 aliphatic carbocycles. The number of nitrogens with two attached hydrogens (primary N) is 1. The Bertz CT molecular complexity index is 695. The Morgan fingerprint density at radius 2 is 2.25 bits per heavy atom. The van der Waals surface area contributed by atoms with Crippen molar-refractivity contribution in [2.24, 2.45) is 11.7 Å². The number of aliphatic hydroxyl groups is 1. The fourth-order valence-electron chi connectivity index (χ4n) is 2.90. The van der Waals surface area contributed by atoms with Gasteiger partial charge in [-0.3, -0.25) is 4.79 Å². The number of amides is 1. The van der Waals surface area contributed by atoms with Crippen LogP contribution >= 0.6 is 11.3 Å². The standard InChI is InChI=1S/C17H22N4O2S/c18-16(23)13-8-14(24-11-13)9-20-15-2-1-5-19-17(15)21-6-3-12(10-22)4-7-21/h1-2,5,8,11-12,20,22H,3-4,6-7,9-10H2,(H2,18,23). The number of hydrogen-bond donors (Lipinski definition) is 3. The molecule has 1 aliphatic rings. The lowest BCUT2D eigenvalue weighted by Crippen LogP contribution is -2.35. The van der Waals surface area contributed by atoms with E-state index in [1.165, 1.54) is 11.3 Å². The Labute approximate surface area is 145 Å². The van der Waals surface area contributed by atoms with Gasteiger partial charge in [0.25, 0.3) is 0 Å². The van der Waals surface area contributed by atoms with Gasteiger partial charge >= 0.3 is 0 Å². The van der Waals surface area contributed by atoms with E-state index < -0.39 is 5.91 Å². The van der Waals surface area contributed by atoms with Crippen LogP contribution in [0.1, 0.15) is 28.1 Å². The molecular formula is C17H22N4O2S. The first-order valence-electron chi connectivity index (χ1n) is 8.09. The summed E-state index contributed by atoms with van der Waals surface area (Å²) in [5.74, 6) is 0.951. The van der Waals surface area contributed by atoms with Crippen LogP contribution in [0.3, 0.4) is 0 Å². The SMILES string of the molecule is NC(=O)c1csc(CNc2cccnc2N2CCC(CO)CC2)c1. The zero-order chi connectivity index (χ0) is 16.9. The van der Waals surface area contributed by atoms with Crippen LogP contribution in [0.4, 0.5) is 11.5 Å². The van der Waals surface area contributed by atoms with Gasteiger partial charge in [-0.05, 0) is 37.0 Å². The Morgan fingerprint density at radius 1 is 1.46 bits per heavy atom. The lowest BCUT2D eigenvalue weighted by Gasteiger charge is -2.33. The molecule has 2 aromatic rings. The molecule has 0 bridgehead atoms. The van der Waals surface area contributed by atoms with Crippen molar-refractivity contribution in [3.8, 4) is 0 Å². The number of carbonyl (C=O) groups excluding carboxylic acids is 1. The molecule has 7 heteroatoms. The third-order valence-corrected chi connectivity index (χ3v) is 5.29. The third-order valence-electron chi connectivity index (χ3n) is 4.35. The second-order valence-corrected chi connectivity index (χ2v) is 7.00. The van der Waals surface area contributed by atoms with E-state index in [0.717, 1.165) is 42.3 Å². The van der Waals surface area contributed by atoms with E-state index in [0.29, 0.717) is 18.0 Å². The Kier molecular flexibility index (Phi) is 5.32. The molecule has 1 aliphatic heterocycles. The summed E-state index contributed by atoms with van der Waals surface area (Å²) >= 11 is 1.52. The molecule has 0 aromatic carbocycles. The molecule has 6 nitrogen and oxygen atoms in total. The van der Waals surface area contributed by atoms with E-state index in [4.69, 9.17) is 5.73 Å². The number of thiophene rings is 1. The lowest BCUT2D eigenvalue weighted by atomic mass is 9.98. The summed E-state index contributed by atoms with van der Waals surface area (Å²) in [5, 5.41) is 14.5. The minimum atomic E-state index is -0.397. The predicted molar refractivity (Wildman–Crippen MR) is 96.4 cm³/mol. The normalized spacial score (nSPS) is 15.5. The van der Waals surface area contributed by atoms with Crippen LogP contribution in [0.2, 0.25) is 0 Å². The van der Waals surface area contributed by atoms with Gasteiger partial charge in [0, 0.05) is 42.7 Å². The Balaban J connectivity index is 1.66. The van der Waals surface area contributed by atoms with E-state index >= 15 is 0 Å². The quantitative estimate of drug-likeness (QED) is 0.745. The molecule has 24 heavy (non-hydrogen) atoms. The molecule has 0 unspecified atom stereocenters. The number of hydrogen-bond acceptors (Lipinski definition) is 6. The summed E-state index contributed by atoms with van der Waals surface area (Å²) in [6.45, 7) is 2.70. The molecule has 3 rings (SSSR count). The fraction of sp³-hybridized carbons (Fsp3) is 0.412. The van der Waals surface area contributed by atoms with Gasteiger partial charge < -0.3 is 21.1 Å². The Morgan fingerprint density at radius 3 is 2.92 bits per heavy atom. The number of carbonyl (C=O) groups is 1. The zero-order valence-electron chi connectivity index (χ0n) is 13.4. The molecule has 1 fully saturated rings. The number of piperidine rings is 1. The summed E-state index contributed by atoms with van der Waals surface area (Å²) in [5.41, 5.74) is 6.82. The van der Waals surface area contributed by atoms with Gasteiger partial charge in [-0.25, -0.2) is 4.98 Å². The van der Waals surface area contributed by atoms with Crippen molar-refractivity contribution in [3.05, 3.63) is 40.2 Å². The van der Waals surface area contributed by atoms with Crippen LogP contribution < -0.4 is 16.0 Å². The van der Waals surface area contributed by atoms with Crippen molar-refractivity contribution in [1.29, 1.82) is 0 Å². The molecule has 0 atom stereocenters. The van der Waals surface area contributed by atoms with E-state index in [1.807, 2.05) is 18.2 Å². The summed E-state index contributed by atoms with van der Waals surface area (Å²) in [6.07, 6.45) is 3.77. The topological polar surface area (TPSA) is 91.5 Å². The maximum absolute atomic E-state index is 11.2. The first-order valence-corrected chi connectivity index (χ1v) is 8.97. The summed E-state index contributed by atoms with van der Waals surface area (Å²) in [4.78, 5) is 19.0. The molecule has 1 amide bonds. The van der Waals surface area contributed by atoms with Crippen LogP contribution in [-0.2, 0) is 6.54 Å². The van der Waals surface area contributed by atoms with Crippen LogP contribution in [0.15, 0.2) is 29.8 Å². The summed E-state index contributed by atoms with van der Waals surface area (Å²) < 4.78 is 0. The van der Waals surface area contributed by atoms with Gasteiger partial charge in [-0.1, -0.05) is 0 Å². The van der Waals surface area contributed by atoms with Crippen molar-refractivity contribution in [2.45, 2.75) is 19.4 Å². The maximum Gasteiger partial charge on any atom is 0.249 e. The predicted octanol–water partition coefficient (Wildman–Crippen LogP) is 2.06. The molecule has 3 heterocycles.